The summed E-state index contributed by atoms with van der Waals surface area (Å²) >= 11 is 0. The fourth-order valence-corrected chi connectivity index (χ4v) is 5.75. The third-order valence-corrected chi connectivity index (χ3v) is 8.51. The van der Waals surface area contributed by atoms with Crippen molar-refractivity contribution in [2.24, 2.45) is 0 Å². The highest BCUT2D eigenvalue weighted by atomic mass is 16.5. The second-order valence-corrected chi connectivity index (χ2v) is 11.8. The molecule has 0 aliphatic heterocycles. The molecular weight excluding hydrogens is 792 g/mol. The largest absolute Gasteiger partial charge is 0.504 e. The van der Waals surface area contributed by atoms with Gasteiger partial charge >= 0.3 is 0 Å². The SMILES string of the molecule is C.C.COc1cc(NC(=O)c2c[nH]c3cc(OC)c(OC)c(OC)c3c2=O)cc(OC)c1OC.O=C(Nc1cc(O)c(O)c(O)c1)c1c[nH]c2cc(O)c(O)c(O)c2c1=O. The molecule has 0 fully saturated rings. The molecule has 20 heteroatoms. The van der Waals surface area contributed by atoms with Gasteiger partial charge in [-0.05, 0) is 0 Å². The predicted octanol–water partition coefficient (Wildman–Crippen LogP) is 5.12. The Morgan fingerprint density at radius 1 is 0.483 bits per heavy atom. The van der Waals surface area contributed by atoms with Crippen molar-refractivity contribution < 1.29 is 68.6 Å². The maximum Gasteiger partial charge on any atom is 0.261 e. The van der Waals surface area contributed by atoms with Crippen molar-refractivity contribution in [1.29, 1.82) is 0 Å². The van der Waals surface area contributed by atoms with E-state index in [0.29, 0.717) is 34.2 Å². The van der Waals surface area contributed by atoms with E-state index in [9.17, 15) is 49.8 Å². The number of phenolic OH excluding ortho intramolecular Hbond substituents is 6. The fourth-order valence-electron chi connectivity index (χ4n) is 5.75. The van der Waals surface area contributed by atoms with Gasteiger partial charge in [-0.1, -0.05) is 14.9 Å². The number of aromatic amines is 2. The molecule has 6 rings (SSSR count). The molecule has 0 saturated carbocycles. The van der Waals surface area contributed by atoms with Crippen molar-refractivity contribution in [1.82, 2.24) is 9.97 Å². The van der Waals surface area contributed by atoms with Gasteiger partial charge in [-0.25, -0.2) is 0 Å². The predicted molar refractivity (Wildman–Crippen MR) is 221 cm³/mol. The normalized spacial score (nSPS) is 10.2. The third kappa shape index (κ3) is 8.56. The van der Waals surface area contributed by atoms with Crippen LogP contribution in [0.15, 0.2) is 58.4 Å². The number of benzene rings is 4. The maximum atomic E-state index is 13.2. The van der Waals surface area contributed by atoms with Crippen molar-refractivity contribution in [3.05, 3.63) is 80.4 Å². The Labute approximate surface area is 340 Å². The Hall–Kier alpha value is -8.16. The molecule has 0 unspecified atom stereocenters. The summed E-state index contributed by atoms with van der Waals surface area (Å²) in [6.45, 7) is 0. The summed E-state index contributed by atoms with van der Waals surface area (Å²) in [6, 6.07) is 7.61. The minimum atomic E-state index is -0.954. The van der Waals surface area contributed by atoms with Gasteiger partial charge in [0.2, 0.25) is 28.1 Å². The Bertz CT molecular complexity index is 2660. The summed E-state index contributed by atoms with van der Waals surface area (Å²) in [5.74, 6) is -4.33. The Morgan fingerprint density at radius 2 is 0.883 bits per heavy atom. The smallest absolute Gasteiger partial charge is 0.261 e. The molecule has 6 aromatic rings. The summed E-state index contributed by atoms with van der Waals surface area (Å²) in [7, 11) is 8.71. The number of rotatable bonds is 10. The number of H-pyrrole nitrogens is 2. The van der Waals surface area contributed by atoms with Gasteiger partial charge in [-0.15, -0.1) is 0 Å². The van der Waals surface area contributed by atoms with Crippen molar-refractivity contribution in [2.45, 2.75) is 14.9 Å². The van der Waals surface area contributed by atoms with Crippen LogP contribution in [-0.2, 0) is 0 Å². The van der Waals surface area contributed by atoms with E-state index in [1.807, 2.05) is 0 Å². The van der Waals surface area contributed by atoms with Gasteiger partial charge in [0.05, 0.1) is 64.5 Å². The number of anilines is 2. The second-order valence-electron chi connectivity index (χ2n) is 11.8. The van der Waals surface area contributed by atoms with Crippen LogP contribution in [0.25, 0.3) is 21.8 Å². The van der Waals surface area contributed by atoms with Crippen LogP contribution in [0.2, 0.25) is 0 Å². The summed E-state index contributed by atoms with van der Waals surface area (Å²) < 4.78 is 31.9. The van der Waals surface area contributed by atoms with E-state index in [-0.39, 0.29) is 48.5 Å². The monoisotopic (exact) mass is 836 g/mol. The van der Waals surface area contributed by atoms with Crippen LogP contribution < -0.4 is 49.9 Å². The number of nitrogens with one attached hydrogen (secondary N) is 4. The minimum absolute atomic E-state index is 0. The average molecular weight is 837 g/mol. The highest BCUT2D eigenvalue weighted by Crippen LogP contribution is 2.43. The molecule has 0 bridgehead atoms. The van der Waals surface area contributed by atoms with Crippen molar-refractivity contribution in [3.63, 3.8) is 0 Å². The maximum absolute atomic E-state index is 13.2. The molecule has 0 saturated heterocycles. The Morgan fingerprint density at radius 3 is 1.33 bits per heavy atom. The summed E-state index contributed by atoms with van der Waals surface area (Å²) in [4.78, 5) is 56.4. The molecule has 2 amide bonds. The first-order valence-corrected chi connectivity index (χ1v) is 16.5. The molecule has 0 radical (unpaired) electrons. The lowest BCUT2D eigenvalue weighted by molar-refractivity contribution is 0.101. The second kappa shape index (κ2) is 18.9. The number of carbonyl (C=O) groups is 2. The fraction of sp³-hybridized carbons (Fsp3) is 0.200. The number of phenols is 6. The third-order valence-electron chi connectivity index (χ3n) is 8.51. The molecule has 0 aliphatic rings. The molecule has 2 heterocycles. The zero-order valence-corrected chi connectivity index (χ0v) is 31.4. The van der Waals surface area contributed by atoms with Gasteiger partial charge in [0.1, 0.15) is 11.1 Å². The van der Waals surface area contributed by atoms with Crippen molar-refractivity contribution in [2.75, 3.05) is 53.3 Å². The number of methoxy groups -OCH3 is 6. The van der Waals surface area contributed by atoms with Crippen LogP contribution in [0.3, 0.4) is 0 Å². The highest BCUT2D eigenvalue weighted by Gasteiger charge is 2.24. The van der Waals surface area contributed by atoms with E-state index in [0.717, 1.165) is 24.4 Å². The van der Waals surface area contributed by atoms with Gasteiger partial charge in [0, 0.05) is 60.2 Å². The molecule has 320 valence electrons. The molecule has 2 aromatic heterocycles. The summed E-state index contributed by atoms with van der Waals surface area (Å²) in [5.41, 5.74) is -1.41. The first-order chi connectivity index (χ1) is 27.6. The van der Waals surface area contributed by atoms with E-state index in [1.54, 1.807) is 18.2 Å². The number of fused-ring (bicyclic) bond motifs is 2. The zero-order chi connectivity index (χ0) is 42.6. The van der Waals surface area contributed by atoms with E-state index in [4.69, 9.17) is 28.4 Å². The van der Waals surface area contributed by atoms with Crippen LogP contribution in [0.4, 0.5) is 11.4 Å². The first-order valence-electron chi connectivity index (χ1n) is 16.5. The lowest BCUT2D eigenvalue weighted by Gasteiger charge is -2.16. The Kier molecular flexibility index (Phi) is 14.5. The molecule has 0 atom stereocenters. The number of pyridine rings is 2. The van der Waals surface area contributed by atoms with Gasteiger partial charge in [-0.3, -0.25) is 19.2 Å². The van der Waals surface area contributed by atoms with Gasteiger partial charge in [0.25, 0.3) is 11.8 Å². The van der Waals surface area contributed by atoms with Crippen LogP contribution in [0.5, 0.6) is 69.0 Å². The lowest BCUT2D eigenvalue weighted by Crippen LogP contribution is -2.22. The van der Waals surface area contributed by atoms with Crippen molar-refractivity contribution >= 4 is 45.0 Å². The van der Waals surface area contributed by atoms with Gasteiger partial charge in [0.15, 0.2) is 51.7 Å². The molecular formula is C40H44N4O16. The van der Waals surface area contributed by atoms with E-state index < -0.39 is 68.1 Å². The van der Waals surface area contributed by atoms with Crippen molar-refractivity contribution in [3.8, 4) is 69.0 Å². The standard InChI is InChI=1S/C22H24N2O8.C16H12N2O8.2CH4/c1-27-14-7-11(8-15(28-2)19(14)30-4)24-22(26)12-10-23-13-9-16(29-3)20(31-5)21(32-6)17(13)18(12)25;19-8-1-5(2-9(20)13(8)23)18-16(26)6-4-17-7-3-10(21)14(24)15(25)11(7)12(6)22;;/h7-10H,1-6H3,(H,23,25)(H,24,26);1-4,19-21,23-25H,(H,17,22)(H,18,26);2*1H4. The number of aromatic nitrogens is 2. The van der Waals surface area contributed by atoms with Crippen LogP contribution in [-0.4, -0.2) is 95.1 Å². The molecule has 0 aliphatic carbocycles. The average Bonchev–Trinajstić information content (AvgIpc) is 3.20. The van der Waals surface area contributed by atoms with E-state index >= 15 is 0 Å². The van der Waals surface area contributed by atoms with E-state index in [1.165, 1.54) is 48.9 Å². The summed E-state index contributed by atoms with van der Waals surface area (Å²) in [6.07, 6.45) is 2.35. The van der Waals surface area contributed by atoms with Crippen LogP contribution in [0.1, 0.15) is 35.6 Å². The quantitative estimate of drug-likeness (QED) is 0.0633. The molecule has 4 aromatic carbocycles. The van der Waals surface area contributed by atoms with Gasteiger partial charge in [-0.2, -0.15) is 0 Å². The Balaban J connectivity index is 0.000000316. The minimum Gasteiger partial charge on any atom is -0.504 e. The first kappa shape index (κ1) is 46.2. The number of amides is 2. The highest BCUT2D eigenvalue weighted by molar-refractivity contribution is 6.08. The molecule has 20 nitrogen and oxygen atoms in total. The number of carbonyl (C=O) groups excluding carboxylic acids is 2. The number of aromatic hydroxyl groups is 6. The topological polar surface area (TPSA) is 301 Å². The van der Waals surface area contributed by atoms with Crippen LogP contribution >= 0.6 is 0 Å². The van der Waals surface area contributed by atoms with Crippen LogP contribution in [0, 0.1) is 0 Å². The number of hydrogen-bond acceptors (Lipinski definition) is 16. The zero-order valence-electron chi connectivity index (χ0n) is 31.4. The number of hydrogen-bond donors (Lipinski definition) is 10. The number of ether oxygens (including phenoxy) is 6. The molecule has 10 N–H and O–H groups in total. The lowest BCUT2D eigenvalue weighted by atomic mass is 10.1. The summed E-state index contributed by atoms with van der Waals surface area (Å²) in [5, 5.41) is 61.7. The molecule has 0 spiro atoms. The van der Waals surface area contributed by atoms with E-state index in [2.05, 4.69) is 20.6 Å². The molecule has 60 heavy (non-hydrogen) atoms. The van der Waals surface area contributed by atoms with Gasteiger partial charge < -0.3 is 79.7 Å².